The summed E-state index contributed by atoms with van der Waals surface area (Å²) in [5.74, 6) is -0.880. The molecule has 2 heterocycles. The highest BCUT2D eigenvalue weighted by molar-refractivity contribution is 7.89. The van der Waals surface area contributed by atoms with Crippen LogP contribution in [0.2, 0.25) is 0 Å². The zero-order valence-electron chi connectivity index (χ0n) is 32.7. The van der Waals surface area contributed by atoms with Gasteiger partial charge in [0.2, 0.25) is 15.9 Å². The van der Waals surface area contributed by atoms with Gasteiger partial charge < -0.3 is 24.6 Å². The zero-order valence-corrected chi connectivity index (χ0v) is 33.5. The van der Waals surface area contributed by atoms with E-state index in [0.29, 0.717) is 24.2 Å². The van der Waals surface area contributed by atoms with E-state index in [0.717, 1.165) is 35.2 Å². The Morgan fingerprint density at radius 1 is 0.911 bits per heavy atom. The van der Waals surface area contributed by atoms with Crippen molar-refractivity contribution in [2.75, 3.05) is 18.4 Å². The van der Waals surface area contributed by atoms with E-state index < -0.39 is 40.0 Å². The topological polar surface area (TPSA) is 144 Å². The van der Waals surface area contributed by atoms with E-state index in [1.807, 2.05) is 88.4 Å². The highest BCUT2D eigenvalue weighted by atomic mass is 32.2. The van der Waals surface area contributed by atoms with E-state index in [9.17, 15) is 23.1 Å². The molecule has 0 aliphatic carbocycles. The van der Waals surface area contributed by atoms with Crippen molar-refractivity contribution in [1.82, 2.24) is 9.62 Å². The number of nitrogens with one attached hydrogen (secondary N) is 2. The molecule has 6 atom stereocenters. The highest BCUT2D eigenvalue weighted by Gasteiger charge is 2.42. The van der Waals surface area contributed by atoms with Gasteiger partial charge in [0.15, 0.2) is 6.29 Å². The largest absolute Gasteiger partial charge is 0.459 e. The fourth-order valence-electron chi connectivity index (χ4n) is 7.24. The number of aliphatic hydroxyl groups excluding tert-OH is 1. The first-order valence-corrected chi connectivity index (χ1v) is 20.7. The quantitative estimate of drug-likeness (QED) is 0.128. The predicted molar refractivity (Wildman–Crippen MR) is 214 cm³/mol. The molecule has 2 aliphatic heterocycles. The van der Waals surface area contributed by atoms with E-state index in [1.54, 1.807) is 30.3 Å². The smallest absolute Gasteiger partial charge is 0.323 e. The molecule has 0 saturated carbocycles. The lowest BCUT2D eigenvalue weighted by Gasteiger charge is -2.43. The van der Waals surface area contributed by atoms with Crippen molar-refractivity contribution in [1.29, 1.82) is 0 Å². The summed E-state index contributed by atoms with van der Waals surface area (Å²) in [4.78, 5) is 29.4. The molecule has 2 aliphatic rings. The molecule has 4 aromatic rings. The summed E-state index contributed by atoms with van der Waals surface area (Å²) in [6.07, 6.45) is 0.131. The highest BCUT2D eigenvalue weighted by Crippen LogP contribution is 2.43. The van der Waals surface area contributed by atoms with Crippen LogP contribution < -0.4 is 10.0 Å². The van der Waals surface area contributed by atoms with Crippen molar-refractivity contribution in [3.8, 4) is 0 Å². The molecule has 56 heavy (non-hydrogen) atoms. The van der Waals surface area contributed by atoms with Crippen LogP contribution in [0.25, 0.3) is 0 Å². The first kappa shape index (κ1) is 41.2. The number of aryl methyl sites for hydroxylation is 1. The number of carbonyl (C=O) groups excluding carboxylic acids is 2. The first-order valence-electron chi connectivity index (χ1n) is 19.2. The van der Waals surface area contributed by atoms with Crippen LogP contribution in [0.1, 0.15) is 80.7 Å². The van der Waals surface area contributed by atoms with Gasteiger partial charge in [-0.3, -0.25) is 14.5 Å². The fourth-order valence-corrected chi connectivity index (χ4v) is 8.44. The maximum absolute atomic E-state index is 14.0. The van der Waals surface area contributed by atoms with Gasteiger partial charge in [0.1, 0.15) is 17.7 Å². The van der Waals surface area contributed by atoms with Crippen molar-refractivity contribution in [2.45, 2.75) is 102 Å². The van der Waals surface area contributed by atoms with Crippen LogP contribution >= 0.6 is 0 Å². The number of esters is 1. The van der Waals surface area contributed by atoms with Gasteiger partial charge in [0, 0.05) is 23.7 Å². The van der Waals surface area contributed by atoms with Gasteiger partial charge >= 0.3 is 5.97 Å². The molecule has 0 spiro atoms. The number of sulfonamides is 1. The molecule has 3 N–H and O–H groups in total. The van der Waals surface area contributed by atoms with Gasteiger partial charge in [-0.15, -0.1) is 0 Å². The van der Waals surface area contributed by atoms with Gasteiger partial charge in [0.05, 0.1) is 23.7 Å². The van der Waals surface area contributed by atoms with E-state index in [4.69, 9.17) is 14.2 Å². The number of hydrogen-bond acceptors (Lipinski definition) is 9. The summed E-state index contributed by atoms with van der Waals surface area (Å²) < 4.78 is 48.8. The molecule has 0 bridgehead atoms. The number of benzene rings is 4. The Labute approximate surface area is 330 Å². The van der Waals surface area contributed by atoms with E-state index in [1.165, 1.54) is 12.1 Å². The minimum absolute atomic E-state index is 0.0678. The molecule has 2 fully saturated rings. The second-order valence-electron chi connectivity index (χ2n) is 15.8. The third-order valence-electron chi connectivity index (χ3n) is 10.2. The van der Waals surface area contributed by atoms with E-state index in [2.05, 4.69) is 21.9 Å². The molecular weight excluding hydrogens is 731 g/mol. The number of amides is 1. The number of nitrogens with zero attached hydrogens (tertiary/aromatic N) is 1. The number of aliphatic hydroxyl groups is 1. The number of rotatable bonds is 13. The van der Waals surface area contributed by atoms with Gasteiger partial charge in [-0.2, -0.15) is 4.72 Å². The molecular formula is C44H53N3O8S. The van der Waals surface area contributed by atoms with Crippen molar-refractivity contribution in [3.63, 3.8) is 0 Å². The van der Waals surface area contributed by atoms with Gasteiger partial charge in [-0.25, -0.2) is 8.42 Å². The average molecular weight is 784 g/mol. The van der Waals surface area contributed by atoms with E-state index in [-0.39, 0.29) is 42.0 Å². The Hall–Kier alpha value is -4.43. The second-order valence-corrected chi connectivity index (χ2v) is 17.5. The summed E-state index contributed by atoms with van der Waals surface area (Å²) in [7, 11) is -4.03. The monoisotopic (exact) mass is 783 g/mol. The molecule has 6 rings (SSSR count). The van der Waals surface area contributed by atoms with Crippen LogP contribution in [0.15, 0.2) is 108 Å². The van der Waals surface area contributed by atoms with Crippen LogP contribution in [0.5, 0.6) is 0 Å². The SMILES string of the molecule is Cc1ccc(S(=O)(=O)NC(Cc2ccccc2)C(=O)Nc2cccc(C3OC(CN4CCCC4C(=O)OC(C)(C)C)C(C)C(c4ccc(CO)cc4)O3)c2)cc1. The van der Waals surface area contributed by atoms with Gasteiger partial charge in [-0.1, -0.05) is 91.3 Å². The van der Waals surface area contributed by atoms with Crippen molar-refractivity contribution in [3.05, 3.63) is 131 Å². The Kier molecular flexibility index (Phi) is 13.1. The third kappa shape index (κ3) is 10.5. The summed E-state index contributed by atoms with van der Waals surface area (Å²) in [6.45, 7) is 10.7. The minimum atomic E-state index is -4.03. The Bertz CT molecular complexity index is 2050. The summed E-state index contributed by atoms with van der Waals surface area (Å²) in [5, 5.41) is 12.6. The molecule has 12 heteroatoms. The van der Waals surface area contributed by atoms with Gasteiger partial charge in [0.25, 0.3) is 0 Å². The van der Waals surface area contributed by atoms with Crippen molar-refractivity contribution < 1.29 is 37.3 Å². The molecule has 11 nitrogen and oxygen atoms in total. The lowest BCUT2D eigenvalue weighted by atomic mass is 9.90. The predicted octanol–water partition coefficient (Wildman–Crippen LogP) is 6.61. The lowest BCUT2D eigenvalue weighted by molar-refractivity contribution is -0.276. The summed E-state index contributed by atoms with van der Waals surface area (Å²) >= 11 is 0. The van der Waals surface area contributed by atoms with Gasteiger partial charge in [-0.05, 0) is 94.5 Å². The lowest BCUT2D eigenvalue weighted by Crippen LogP contribution is -2.48. The maximum Gasteiger partial charge on any atom is 0.323 e. The number of ether oxygens (including phenoxy) is 3. The Morgan fingerprint density at radius 2 is 1.62 bits per heavy atom. The Morgan fingerprint density at radius 3 is 2.30 bits per heavy atom. The van der Waals surface area contributed by atoms with E-state index >= 15 is 0 Å². The Balaban J connectivity index is 1.25. The van der Waals surface area contributed by atoms with Crippen molar-refractivity contribution in [2.24, 2.45) is 5.92 Å². The average Bonchev–Trinajstić information content (AvgIpc) is 3.64. The number of anilines is 1. The molecule has 0 radical (unpaired) electrons. The molecule has 1 amide bonds. The first-order chi connectivity index (χ1) is 26.7. The van der Waals surface area contributed by atoms with Crippen LogP contribution in [-0.4, -0.2) is 67.2 Å². The molecule has 298 valence electrons. The standard InChI is InChI=1S/C44H53N3O8S/c1-29-16-22-36(23-17-29)56(51,52)46-37(25-31-11-7-6-8-12-31)41(49)45-35-14-9-13-34(26-35)43-53-39(27-47-24-10-15-38(47)42(50)55-44(3,4)5)30(2)40(54-43)33-20-18-32(28-48)19-21-33/h6-9,11-14,16-23,26,30,37-40,43,46,48H,10,15,24-25,27-28H2,1-5H3,(H,45,49). The number of likely N-dealkylation sites (tertiary alicyclic amines) is 1. The molecule has 6 unspecified atom stereocenters. The summed E-state index contributed by atoms with van der Waals surface area (Å²) in [6, 6.07) is 29.0. The molecule has 4 aromatic carbocycles. The minimum Gasteiger partial charge on any atom is -0.459 e. The zero-order chi connectivity index (χ0) is 40.0. The van der Waals surface area contributed by atoms with Crippen LogP contribution in [0.3, 0.4) is 0 Å². The third-order valence-corrected chi connectivity index (χ3v) is 11.7. The van der Waals surface area contributed by atoms with Crippen LogP contribution in [-0.2, 0) is 46.9 Å². The van der Waals surface area contributed by atoms with Crippen LogP contribution in [0, 0.1) is 12.8 Å². The summed E-state index contributed by atoms with van der Waals surface area (Å²) in [5.41, 5.74) is 3.92. The molecule has 2 saturated heterocycles. The van der Waals surface area contributed by atoms with Crippen molar-refractivity contribution >= 4 is 27.6 Å². The maximum atomic E-state index is 14.0. The number of carbonyl (C=O) groups is 2. The second kappa shape index (κ2) is 17.8. The number of hydrogen-bond donors (Lipinski definition) is 3. The molecule has 0 aromatic heterocycles. The van der Waals surface area contributed by atoms with Crippen LogP contribution in [0.4, 0.5) is 5.69 Å². The normalized spacial score (nSPS) is 22.4. The fraction of sp³-hybridized carbons (Fsp3) is 0.409.